The molecule has 1 aromatic carbocycles. The zero-order valence-electron chi connectivity index (χ0n) is 9.93. The minimum atomic E-state index is -0.184. The number of benzene rings is 1. The second-order valence-corrected chi connectivity index (χ2v) is 6.22. The van der Waals surface area contributed by atoms with Gasteiger partial charge in [0, 0.05) is 28.1 Å². The first-order valence-electron chi connectivity index (χ1n) is 5.19. The first-order valence-corrected chi connectivity index (χ1v) is 6.36. The summed E-state index contributed by atoms with van der Waals surface area (Å²) in [6, 6.07) is 5.95. The van der Waals surface area contributed by atoms with Crippen LogP contribution in [0.3, 0.4) is 0 Å². The predicted molar refractivity (Wildman–Crippen MR) is 73.8 cm³/mol. The van der Waals surface area contributed by atoms with Crippen molar-refractivity contribution in [2.45, 2.75) is 25.9 Å². The topological polar surface area (TPSA) is 29.3 Å². The summed E-state index contributed by atoms with van der Waals surface area (Å²) in [5, 5.41) is 0.788. The van der Waals surface area contributed by atoms with Crippen LogP contribution in [0, 0.1) is 0 Å². The Kier molecular flexibility index (Phi) is 4.80. The molecule has 16 heavy (non-hydrogen) atoms. The summed E-state index contributed by atoms with van der Waals surface area (Å²) in [6.45, 7) is 5.69. The Labute approximate surface area is 111 Å². The van der Waals surface area contributed by atoms with Crippen LogP contribution in [0.15, 0.2) is 22.7 Å². The van der Waals surface area contributed by atoms with Crippen LogP contribution in [-0.4, -0.2) is 24.0 Å². The lowest BCUT2D eigenvalue weighted by molar-refractivity contribution is 0.263. The molecule has 0 aliphatic heterocycles. The highest BCUT2D eigenvalue weighted by Crippen LogP contribution is 2.22. The normalized spacial score (nSPS) is 12.2. The highest BCUT2D eigenvalue weighted by molar-refractivity contribution is 9.10. The van der Waals surface area contributed by atoms with E-state index in [4.69, 9.17) is 17.3 Å². The zero-order valence-corrected chi connectivity index (χ0v) is 12.3. The molecule has 0 saturated heterocycles. The van der Waals surface area contributed by atoms with Crippen LogP contribution in [0.2, 0.25) is 5.02 Å². The number of nitrogens with two attached hydrogens (primary N) is 1. The molecule has 0 aliphatic carbocycles. The van der Waals surface area contributed by atoms with Crippen LogP contribution in [0.4, 0.5) is 0 Å². The van der Waals surface area contributed by atoms with Gasteiger partial charge in [-0.1, -0.05) is 33.6 Å². The van der Waals surface area contributed by atoms with Crippen LogP contribution in [0.5, 0.6) is 0 Å². The first kappa shape index (κ1) is 14.0. The fourth-order valence-corrected chi connectivity index (χ4v) is 2.43. The molecule has 0 bridgehead atoms. The van der Waals surface area contributed by atoms with E-state index < -0.39 is 0 Å². The van der Waals surface area contributed by atoms with Gasteiger partial charge in [-0.05, 0) is 38.6 Å². The third kappa shape index (κ3) is 4.83. The van der Waals surface area contributed by atoms with E-state index in [2.05, 4.69) is 20.8 Å². The van der Waals surface area contributed by atoms with E-state index in [0.29, 0.717) is 0 Å². The Morgan fingerprint density at radius 3 is 2.56 bits per heavy atom. The van der Waals surface area contributed by atoms with Crippen molar-refractivity contribution in [2.24, 2.45) is 5.73 Å². The maximum atomic E-state index is 6.16. The quantitative estimate of drug-likeness (QED) is 0.925. The van der Waals surface area contributed by atoms with E-state index in [0.717, 1.165) is 28.1 Å². The lowest BCUT2D eigenvalue weighted by Gasteiger charge is -2.26. The second kappa shape index (κ2) is 5.50. The molecular weight excluding hydrogens is 288 g/mol. The highest BCUT2D eigenvalue weighted by Gasteiger charge is 2.14. The summed E-state index contributed by atoms with van der Waals surface area (Å²) in [6.07, 6.45) is 0. The minimum Gasteiger partial charge on any atom is -0.324 e. The van der Waals surface area contributed by atoms with Crippen LogP contribution in [-0.2, 0) is 6.54 Å². The maximum Gasteiger partial charge on any atom is 0.0462 e. The van der Waals surface area contributed by atoms with E-state index >= 15 is 0 Å². The molecule has 0 heterocycles. The van der Waals surface area contributed by atoms with Crippen molar-refractivity contribution >= 4 is 27.5 Å². The van der Waals surface area contributed by atoms with Gasteiger partial charge in [0.1, 0.15) is 0 Å². The van der Waals surface area contributed by atoms with Crippen molar-refractivity contribution in [3.8, 4) is 0 Å². The Morgan fingerprint density at radius 1 is 1.44 bits per heavy atom. The molecule has 0 fully saturated rings. The molecule has 0 atom stereocenters. The van der Waals surface area contributed by atoms with E-state index in [1.54, 1.807) is 0 Å². The van der Waals surface area contributed by atoms with Gasteiger partial charge in [-0.2, -0.15) is 0 Å². The Hall–Kier alpha value is -0.0900. The Bertz CT molecular complexity index is 361. The molecule has 4 heteroatoms. The Morgan fingerprint density at radius 2 is 2.06 bits per heavy atom. The van der Waals surface area contributed by atoms with Crippen molar-refractivity contribution < 1.29 is 0 Å². The van der Waals surface area contributed by atoms with Gasteiger partial charge in [0.05, 0.1) is 0 Å². The smallest absolute Gasteiger partial charge is 0.0462 e. The van der Waals surface area contributed by atoms with Crippen molar-refractivity contribution in [2.75, 3.05) is 13.6 Å². The average molecular weight is 306 g/mol. The zero-order chi connectivity index (χ0) is 12.3. The number of hydrogen-bond acceptors (Lipinski definition) is 2. The van der Waals surface area contributed by atoms with Gasteiger partial charge in [-0.25, -0.2) is 0 Å². The SMILES string of the molecule is CN(Cc1ccc(Br)cc1Cl)CC(C)(C)N. The molecule has 2 nitrogen and oxygen atoms in total. The Balaban J connectivity index is 2.66. The fraction of sp³-hybridized carbons (Fsp3) is 0.500. The molecule has 0 spiro atoms. The predicted octanol–water partition coefficient (Wildman–Crippen LogP) is 3.27. The minimum absolute atomic E-state index is 0.184. The van der Waals surface area contributed by atoms with Gasteiger partial charge in [-0.3, -0.25) is 0 Å². The molecular formula is C12H18BrClN2. The number of nitrogens with zero attached hydrogens (tertiary/aromatic N) is 1. The van der Waals surface area contributed by atoms with E-state index in [1.165, 1.54) is 0 Å². The van der Waals surface area contributed by atoms with E-state index in [9.17, 15) is 0 Å². The van der Waals surface area contributed by atoms with Crippen molar-refractivity contribution in [3.05, 3.63) is 33.3 Å². The summed E-state index contributed by atoms with van der Waals surface area (Å²) in [5.41, 5.74) is 6.91. The van der Waals surface area contributed by atoms with Crippen molar-refractivity contribution in [3.63, 3.8) is 0 Å². The molecule has 1 aromatic rings. The second-order valence-electron chi connectivity index (χ2n) is 4.90. The molecule has 0 radical (unpaired) electrons. The van der Waals surface area contributed by atoms with Crippen LogP contribution < -0.4 is 5.73 Å². The van der Waals surface area contributed by atoms with Crippen LogP contribution in [0.25, 0.3) is 0 Å². The molecule has 0 saturated carbocycles. The lowest BCUT2D eigenvalue weighted by atomic mass is 10.1. The summed E-state index contributed by atoms with van der Waals surface area (Å²) < 4.78 is 1.00. The monoisotopic (exact) mass is 304 g/mol. The van der Waals surface area contributed by atoms with E-state index in [1.807, 2.05) is 39.1 Å². The number of rotatable bonds is 4. The van der Waals surface area contributed by atoms with Crippen molar-refractivity contribution in [1.82, 2.24) is 4.90 Å². The van der Waals surface area contributed by atoms with Gasteiger partial charge in [0.15, 0.2) is 0 Å². The van der Waals surface area contributed by atoms with Crippen molar-refractivity contribution in [1.29, 1.82) is 0 Å². The summed E-state index contributed by atoms with van der Waals surface area (Å²) in [5.74, 6) is 0. The molecule has 0 aromatic heterocycles. The van der Waals surface area contributed by atoms with E-state index in [-0.39, 0.29) is 5.54 Å². The number of halogens is 2. The summed E-state index contributed by atoms with van der Waals surface area (Å²) in [7, 11) is 2.05. The molecule has 0 amide bonds. The van der Waals surface area contributed by atoms with Gasteiger partial charge in [0.2, 0.25) is 0 Å². The molecule has 0 aliphatic rings. The number of hydrogen-bond donors (Lipinski definition) is 1. The largest absolute Gasteiger partial charge is 0.324 e. The molecule has 0 unspecified atom stereocenters. The fourth-order valence-electron chi connectivity index (χ4n) is 1.69. The maximum absolute atomic E-state index is 6.16. The molecule has 90 valence electrons. The van der Waals surface area contributed by atoms with Crippen LogP contribution in [0.1, 0.15) is 19.4 Å². The summed E-state index contributed by atoms with van der Waals surface area (Å²) in [4.78, 5) is 2.18. The molecule has 2 N–H and O–H groups in total. The van der Waals surface area contributed by atoms with Gasteiger partial charge >= 0.3 is 0 Å². The average Bonchev–Trinajstić information content (AvgIpc) is 2.06. The third-order valence-electron chi connectivity index (χ3n) is 2.13. The standard InChI is InChI=1S/C12H18BrClN2/c1-12(2,15)8-16(3)7-9-4-5-10(13)6-11(9)14/h4-6H,7-8,15H2,1-3H3. The van der Waals surface area contributed by atoms with Crippen LogP contribution >= 0.6 is 27.5 Å². The van der Waals surface area contributed by atoms with Gasteiger partial charge in [0.25, 0.3) is 0 Å². The van der Waals surface area contributed by atoms with Gasteiger partial charge in [-0.15, -0.1) is 0 Å². The van der Waals surface area contributed by atoms with Gasteiger partial charge < -0.3 is 10.6 Å². The number of likely N-dealkylation sites (N-methyl/N-ethyl adjacent to an activating group) is 1. The molecule has 1 rings (SSSR count). The first-order chi connectivity index (χ1) is 7.28. The lowest BCUT2D eigenvalue weighted by Crippen LogP contribution is -2.43. The summed E-state index contributed by atoms with van der Waals surface area (Å²) >= 11 is 9.55. The third-order valence-corrected chi connectivity index (χ3v) is 2.98. The highest BCUT2D eigenvalue weighted by atomic mass is 79.9.